The number of carbonyl (C=O) groups excluding carboxylic acids is 2. The molecule has 1 aliphatic heterocycles. The summed E-state index contributed by atoms with van der Waals surface area (Å²) in [4.78, 5) is 26.9. The first-order valence-corrected chi connectivity index (χ1v) is 12.0. The molecule has 1 N–H and O–H groups in total. The predicted molar refractivity (Wildman–Crippen MR) is 135 cm³/mol. The average Bonchev–Trinajstić information content (AvgIpc) is 2.82. The van der Waals surface area contributed by atoms with Crippen molar-refractivity contribution in [2.45, 2.75) is 51.6 Å². The van der Waals surface area contributed by atoms with E-state index >= 15 is 0 Å². The van der Waals surface area contributed by atoms with Crippen LogP contribution in [0, 0.1) is 0 Å². The Morgan fingerprint density at radius 3 is 2.43 bits per heavy atom. The molecule has 0 spiro atoms. The normalized spacial score (nSPS) is 19.9. The minimum Gasteiger partial charge on any atom is -0.493 e. The van der Waals surface area contributed by atoms with Crippen molar-refractivity contribution >= 4 is 23.4 Å². The topological polar surface area (TPSA) is 73.9 Å². The Labute approximate surface area is 210 Å². The first kappa shape index (κ1) is 24.9. The van der Waals surface area contributed by atoms with Crippen LogP contribution in [0.25, 0.3) is 0 Å². The summed E-state index contributed by atoms with van der Waals surface area (Å²) < 4.78 is 16.4. The van der Waals surface area contributed by atoms with Gasteiger partial charge in [0.05, 0.1) is 25.9 Å². The maximum absolute atomic E-state index is 13.7. The van der Waals surface area contributed by atoms with Crippen LogP contribution >= 0.6 is 11.6 Å². The number of hydrogen-bond donors (Lipinski definition) is 1. The van der Waals surface area contributed by atoms with Crippen LogP contribution in [0.15, 0.2) is 65.0 Å². The molecule has 0 saturated heterocycles. The Bertz CT molecular complexity index is 1230. The maximum atomic E-state index is 13.7. The molecule has 1 aliphatic carbocycles. The molecular weight excluding hydrogens is 466 g/mol. The second-order valence-electron chi connectivity index (χ2n) is 9.14. The van der Waals surface area contributed by atoms with Gasteiger partial charge in [0, 0.05) is 34.3 Å². The van der Waals surface area contributed by atoms with Crippen LogP contribution in [0.4, 0.5) is 0 Å². The number of methoxy groups -OCH3 is 2. The minimum absolute atomic E-state index is 0.00847. The molecule has 2 aromatic rings. The van der Waals surface area contributed by atoms with E-state index in [2.05, 4.69) is 5.32 Å². The van der Waals surface area contributed by atoms with Gasteiger partial charge in [-0.25, -0.2) is 4.79 Å². The van der Waals surface area contributed by atoms with Crippen LogP contribution in [0.2, 0.25) is 5.02 Å². The van der Waals surface area contributed by atoms with Crippen LogP contribution in [-0.4, -0.2) is 32.1 Å². The summed E-state index contributed by atoms with van der Waals surface area (Å²) in [6.07, 6.45) is 0.658. The van der Waals surface area contributed by atoms with Crippen molar-refractivity contribution in [3.8, 4) is 11.5 Å². The Hall–Kier alpha value is -3.25. The van der Waals surface area contributed by atoms with Gasteiger partial charge in [0.1, 0.15) is 0 Å². The standard InChI is InChI=1S/C28H30ClNO5/c1-15(2)35-28(32)25-16(3)30-21-12-19(17-9-10-23(33-4)24(14-17)34-5)13-22(31)27(21)26(25)18-7-6-8-20(29)11-18/h6-11,14-15,19,26,30H,12-13H2,1-5H3/t19-,26-/m1/s1. The number of halogens is 1. The number of rotatable bonds is 6. The lowest BCUT2D eigenvalue weighted by Gasteiger charge is -2.37. The van der Waals surface area contributed by atoms with Crippen LogP contribution < -0.4 is 14.8 Å². The van der Waals surface area contributed by atoms with E-state index in [1.807, 2.05) is 57.2 Å². The van der Waals surface area contributed by atoms with Gasteiger partial charge >= 0.3 is 5.97 Å². The Balaban J connectivity index is 1.77. The fourth-order valence-electron chi connectivity index (χ4n) is 4.95. The lowest BCUT2D eigenvalue weighted by molar-refractivity contribution is -0.143. The highest BCUT2D eigenvalue weighted by molar-refractivity contribution is 6.30. The maximum Gasteiger partial charge on any atom is 0.337 e. The third kappa shape index (κ3) is 4.94. The van der Waals surface area contributed by atoms with Crippen LogP contribution in [0.5, 0.6) is 11.5 Å². The Morgan fingerprint density at radius 1 is 1.03 bits per heavy atom. The molecular formula is C28H30ClNO5. The molecule has 35 heavy (non-hydrogen) atoms. The van der Waals surface area contributed by atoms with E-state index in [9.17, 15) is 9.59 Å². The average molecular weight is 496 g/mol. The summed E-state index contributed by atoms with van der Waals surface area (Å²) >= 11 is 6.31. The van der Waals surface area contributed by atoms with Crippen molar-refractivity contribution in [2.24, 2.45) is 0 Å². The minimum atomic E-state index is -0.546. The quantitative estimate of drug-likeness (QED) is 0.520. The summed E-state index contributed by atoms with van der Waals surface area (Å²) in [5.74, 6) is 0.241. The highest BCUT2D eigenvalue weighted by atomic mass is 35.5. The molecule has 4 rings (SSSR count). The third-order valence-corrected chi connectivity index (χ3v) is 6.69. The smallest absolute Gasteiger partial charge is 0.337 e. The van der Waals surface area contributed by atoms with Crippen molar-refractivity contribution in [1.82, 2.24) is 5.32 Å². The van der Waals surface area contributed by atoms with Crippen LogP contribution in [0.3, 0.4) is 0 Å². The number of allylic oxidation sites excluding steroid dienone is 3. The van der Waals surface area contributed by atoms with Crippen LogP contribution in [0.1, 0.15) is 56.6 Å². The van der Waals surface area contributed by atoms with Crippen molar-refractivity contribution in [3.05, 3.63) is 81.2 Å². The van der Waals surface area contributed by atoms with E-state index in [1.165, 1.54) is 0 Å². The number of hydrogen-bond acceptors (Lipinski definition) is 6. The van der Waals surface area contributed by atoms with Gasteiger partial charge in [-0.2, -0.15) is 0 Å². The molecule has 0 fully saturated rings. The molecule has 184 valence electrons. The van der Waals surface area contributed by atoms with Gasteiger partial charge in [-0.15, -0.1) is 0 Å². The molecule has 0 amide bonds. The van der Waals surface area contributed by atoms with E-state index in [0.29, 0.717) is 46.2 Å². The van der Waals surface area contributed by atoms with Gasteiger partial charge < -0.3 is 19.5 Å². The first-order valence-electron chi connectivity index (χ1n) is 11.7. The summed E-state index contributed by atoms with van der Waals surface area (Å²) in [6.45, 7) is 5.47. The van der Waals surface area contributed by atoms with E-state index < -0.39 is 11.9 Å². The molecule has 0 radical (unpaired) electrons. The Morgan fingerprint density at radius 2 is 1.77 bits per heavy atom. The van der Waals surface area contributed by atoms with E-state index in [0.717, 1.165) is 16.8 Å². The summed E-state index contributed by atoms with van der Waals surface area (Å²) in [7, 11) is 3.19. The second kappa shape index (κ2) is 10.2. The van der Waals surface area contributed by atoms with Gasteiger partial charge in [0.25, 0.3) is 0 Å². The van der Waals surface area contributed by atoms with Crippen molar-refractivity contribution < 1.29 is 23.8 Å². The molecule has 2 aromatic carbocycles. The number of dihydropyridines is 1. The monoisotopic (exact) mass is 495 g/mol. The molecule has 2 aliphatic rings. The second-order valence-corrected chi connectivity index (χ2v) is 9.58. The van der Waals surface area contributed by atoms with Gasteiger partial charge in [-0.3, -0.25) is 4.79 Å². The van der Waals surface area contributed by atoms with Gasteiger partial charge in [0.15, 0.2) is 17.3 Å². The summed E-state index contributed by atoms with van der Waals surface area (Å²) in [5.41, 5.74) is 4.34. The largest absolute Gasteiger partial charge is 0.493 e. The zero-order chi connectivity index (χ0) is 25.3. The Kier molecular flexibility index (Phi) is 7.22. The molecule has 0 aromatic heterocycles. The number of benzene rings is 2. The van der Waals surface area contributed by atoms with Crippen molar-refractivity contribution in [1.29, 1.82) is 0 Å². The van der Waals surface area contributed by atoms with Gasteiger partial charge in [-0.1, -0.05) is 29.8 Å². The van der Waals surface area contributed by atoms with E-state index in [-0.39, 0.29) is 17.8 Å². The molecule has 6 nitrogen and oxygen atoms in total. The molecule has 0 unspecified atom stereocenters. The number of ketones is 1. The molecule has 2 atom stereocenters. The fraction of sp³-hybridized carbons (Fsp3) is 0.357. The number of esters is 1. The highest BCUT2D eigenvalue weighted by Crippen LogP contribution is 2.46. The fourth-order valence-corrected chi connectivity index (χ4v) is 5.15. The van der Waals surface area contributed by atoms with Crippen molar-refractivity contribution in [2.75, 3.05) is 14.2 Å². The van der Waals surface area contributed by atoms with Gasteiger partial charge in [-0.05, 0) is 68.5 Å². The van der Waals surface area contributed by atoms with Gasteiger partial charge in [0.2, 0.25) is 0 Å². The highest BCUT2D eigenvalue weighted by Gasteiger charge is 2.41. The zero-order valence-electron chi connectivity index (χ0n) is 20.6. The molecule has 7 heteroatoms. The third-order valence-electron chi connectivity index (χ3n) is 6.45. The first-order chi connectivity index (χ1) is 16.7. The predicted octanol–water partition coefficient (Wildman–Crippen LogP) is 5.67. The lowest BCUT2D eigenvalue weighted by Crippen LogP contribution is -2.36. The SMILES string of the molecule is COc1ccc([C@H]2CC(=O)C3=C(C2)NC(C)=C(C(=O)OC(C)C)[C@H]3c2cccc(Cl)c2)cc1OC. The summed E-state index contributed by atoms with van der Waals surface area (Å²) in [5, 5.41) is 3.91. The zero-order valence-corrected chi connectivity index (χ0v) is 21.4. The number of ether oxygens (including phenoxy) is 3. The number of carbonyl (C=O) groups is 2. The van der Waals surface area contributed by atoms with Crippen LogP contribution in [-0.2, 0) is 14.3 Å². The lowest BCUT2D eigenvalue weighted by atomic mass is 9.71. The van der Waals surface area contributed by atoms with E-state index in [1.54, 1.807) is 20.3 Å². The number of nitrogens with one attached hydrogen (secondary N) is 1. The molecule has 0 bridgehead atoms. The molecule has 1 heterocycles. The molecule has 0 saturated carbocycles. The van der Waals surface area contributed by atoms with E-state index in [4.69, 9.17) is 25.8 Å². The number of Topliss-reactive ketones (excluding diaryl/α,β-unsaturated/α-hetero) is 1. The van der Waals surface area contributed by atoms with Crippen molar-refractivity contribution in [3.63, 3.8) is 0 Å². The summed E-state index contributed by atoms with van der Waals surface area (Å²) in [6, 6.07) is 13.1.